The van der Waals surface area contributed by atoms with Gasteiger partial charge < -0.3 is 40.3 Å². The molecule has 1 saturated heterocycles. The molecule has 1 aliphatic heterocycles. The minimum Gasteiger partial charge on any atom is -0.394 e. The van der Waals surface area contributed by atoms with Crippen LogP contribution in [0.2, 0.25) is 0 Å². The van der Waals surface area contributed by atoms with Gasteiger partial charge in [-0.25, -0.2) is 4.18 Å². The van der Waals surface area contributed by atoms with Gasteiger partial charge in [-0.15, -0.1) is 0 Å². The van der Waals surface area contributed by atoms with Gasteiger partial charge in [-0.1, -0.05) is 133 Å². The van der Waals surface area contributed by atoms with Crippen LogP contribution in [0.5, 0.6) is 0 Å². The number of carbonyl (C=O) groups excluding carboxylic acids is 1. The van der Waals surface area contributed by atoms with Gasteiger partial charge in [-0.2, -0.15) is 8.42 Å². The van der Waals surface area contributed by atoms with E-state index in [0.717, 1.165) is 77.0 Å². The van der Waals surface area contributed by atoms with E-state index in [1.807, 2.05) is 0 Å². The molecule has 8 unspecified atom stereocenters. The number of rotatable bonds is 34. The Morgan fingerprint density at radius 3 is 1.79 bits per heavy atom. The summed E-state index contributed by atoms with van der Waals surface area (Å²) in [5.74, 6) is -0.726. The molecule has 0 bridgehead atoms. The lowest BCUT2D eigenvalue weighted by molar-refractivity contribution is -0.298. The van der Waals surface area contributed by atoms with Crippen molar-refractivity contribution in [2.75, 3.05) is 13.2 Å². The molecule has 0 saturated carbocycles. The fourth-order valence-electron chi connectivity index (χ4n) is 6.26. The van der Waals surface area contributed by atoms with Gasteiger partial charge in [0.05, 0.1) is 25.4 Å². The van der Waals surface area contributed by atoms with Crippen LogP contribution in [-0.4, -0.2) is 107 Å². The molecule has 0 radical (unpaired) electrons. The molecular formula is C42H75NO12S. The van der Waals surface area contributed by atoms with Crippen LogP contribution in [0.15, 0.2) is 48.6 Å². The van der Waals surface area contributed by atoms with Crippen molar-refractivity contribution in [3.05, 3.63) is 48.6 Å². The van der Waals surface area contributed by atoms with Gasteiger partial charge in [0.25, 0.3) is 0 Å². The second-order valence-electron chi connectivity index (χ2n) is 14.7. The highest BCUT2D eigenvalue weighted by molar-refractivity contribution is 7.80. The summed E-state index contributed by atoms with van der Waals surface area (Å²) in [6.07, 6.45) is 26.4. The molecule has 1 aliphatic rings. The molecule has 1 fully saturated rings. The Labute approximate surface area is 337 Å². The molecule has 0 aromatic rings. The summed E-state index contributed by atoms with van der Waals surface area (Å²) in [7, 11) is -5.12. The molecule has 0 aliphatic carbocycles. The molecule has 13 nitrogen and oxygen atoms in total. The number of carbonyl (C=O) groups is 1. The van der Waals surface area contributed by atoms with Crippen molar-refractivity contribution in [1.29, 1.82) is 0 Å². The Balaban J connectivity index is 2.65. The first-order valence-corrected chi connectivity index (χ1v) is 22.5. The number of amides is 1. The van der Waals surface area contributed by atoms with Crippen LogP contribution in [0.3, 0.4) is 0 Å². The number of unbranched alkanes of at least 4 members (excludes halogenated alkanes) is 15. The molecule has 56 heavy (non-hydrogen) atoms. The lowest BCUT2D eigenvalue weighted by Gasteiger charge is -2.41. The normalized spacial score (nSPS) is 22.5. The van der Waals surface area contributed by atoms with E-state index in [-0.39, 0.29) is 6.42 Å². The van der Waals surface area contributed by atoms with E-state index in [4.69, 9.17) is 14.0 Å². The van der Waals surface area contributed by atoms with E-state index in [1.54, 1.807) is 6.08 Å². The summed E-state index contributed by atoms with van der Waals surface area (Å²) in [6, 6.07) is -1.14. The summed E-state index contributed by atoms with van der Waals surface area (Å²) in [5, 5.41) is 54.9. The molecular weight excluding hydrogens is 743 g/mol. The van der Waals surface area contributed by atoms with Crippen LogP contribution in [0.4, 0.5) is 0 Å². The number of ether oxygens (including phenoxy) is 2. The maximum absolute atomic E-state index is 13.0. The predicted octanol–water partition coefficient (Wildman–Crippen LogP) is 6.29. The van der Waals surface area contributed by atoms with Crippen LogP contribution in [0, 0.1) is 0 Å². The van der Waals surface area contributed by atoms with Crippen molar-refractivity contribution in [2.45, 2.75) is 198 Å². The van der Waals surface area contributed by atoms with Crippen LogP contribution in [-0.2, 0) is 28.9 Å². The molecule has 8 atom stereocenters. The summed E-state index contributed by atoms with van der Waals surface area (Å²) in [4.78, 5) is 13.0. The highest BCUT2D eigenvalue weighted by atomic mass is 32.3. The van der Waals surface area contributed by atoms with Crippen LogP contribution in [0.1, 0.15) is 149 Å². The van der Waals surface area contributed by atoms with Gasteiger partial charge >= 0.3 is 10.4 Å². The first-order chi connectivity index (χ1) is 26.9. The first kappa shape index (κ1) is 52.0. The Bertz CT molecular complexity index is 1210. The van der Waals surface area contributed by atoms with Crippen molar-refractivity contribution < 1.29 is 57.0 Å². The zero-order chi connectivity index (χ0) is 41.4. The Morgan fingerprint density at radius 2 is 1.23 bits per heavy atom. The maximum Gasteiger partial charge on any atom is 0.397 e. The third-order valence-corrected chi connectivity index (χ3v) is 10.1. The summed E-state index contributed by atoms with van der Waals surface area (Å²) < 4.78 is 47.3. The van der Waals surface area contributed by atoms with Crippen LogP contribution >= 0.6 is 0 Å². The molecule has 326 valence electrons. The molecule has 0 spiro atoms. The summed E-state index contributed by atoms with van der Waals surface area (Å²) in [6.45, 7) is 3.07. The topological polar surface area (TPSA) is 212 Å². The van der Waals surface area contributed by atoms with Crippen LogP contribution < -0.4 is 5.32 Å². The number of nitrogens with one attached hydrogen (secondary N) is 1. The monoisotopic (exact) mass is 818 g/mol. The van der Waals surface area contributed by atoms with Crippen molar-refractivity contribution in [2.24, 2.45) is 0 Å². The third kappa shape index (κ3) is 25.4. The largest absolute Gasteiger partial charge is 0.397 e. The van der Waals surface area contributed by atoms with E-state index in [2.05, 4.69) is 59.8 Å². The smallest absolute Gasteiger partial charge is 0.394 e. The Hall–Kier alpha value is -1.98. The lowest BCUT2D eigenvalue weighted by atomic mass is 9.99. The fourth-order valence-corrected chi connectivity index (χ4v) is 6.77. The zero-order valence-corrected chi connectivity index (χ0v) is 34.9. The lowest BCUT2D eigenvalue weighted by Crippen LogP contribution is -2.61. The van der Waals surface area contributed by atoms with Gasteiger partial charge in [0, 0.05) is 0 Å². The van der Waals surface area contributed by atoms with Crippen molar-refractivity contribution >= 4 is 16.3 Å². The summed E-state index contributed by atoms with van der Waals surface area (Å²) >= 11 is 0. The standard InChI is InChI=1S/C42H75NO12S/c1-3-5-7-9-11-13-15-16-17-18-19-21-23-25-27-29-31-36(46)41(49)43-34(35(45)30-28-26-24-22-20-14-12-10-8-6-4-2)33-53-42-39(48)40(55-56(50,51)52)38(47)37(32-44)54-42/h8,10,16-17,20,22,28,30,34-40,42,44-48H,3-7,9,11-15,18-19,21,23-27,29,31-33H2,1-2H3,(H,43,49)(H,50,51,52)/b10-8+,17-16-,22-20+,30-28+. The Morgan fingerprint density at radius 1 is 0.714 bits per heavy atom. The van der Waals surface area contributed by atoms with Crippen molar-refractivity contribution in [3.63, 3.8) is 0 Å². The number of hydrogen-bond acceptors (Lipinski definition) is 11. The number of allylic oxidation sites excluding steroid dienone is 7. The first-order valence-electron chi connectivity index (χ1n) is 21.1. The van der Waals surface area contributed by atoms with E-state index >= 15 is 0 Å². The minimum atomic E-state index is -5.12. The van der Waals surface area contributed by atoms with Crippen molar-refractivity contribution in [3.8, 4) is 0 Å². The van der Waals surface area contributed by atoms with Gasteiger partial charge in [-0.3, -0.25) is 9.35 Å². The van der Waals surface area contributed by atoms with E-state index < -0.39 is 78.5 Å². The second-order valence-corrected chi connectivity index (χ2v) is 15.7. The Kier molecular flexibility index (Phi) is 30.6. The minimum absolute atomic E-state index is 0.225. The predicted molar refractivity (Wildman–Crippen MR) is 219 cm³/mol. The molecule has 14 heteroatoms. The van der Waals surface area contributed by atoms with E-state index in [0.29, 0.717) is 12.8 Å². The number of aliphatic hydroxyl groups excluding tert-OH is 5. The van der Waals surface area contributed by atoms with Gasteiger partial charge in [0.15, 0.2) is 6.29 Å². The van der Waals surface area contributed by atoms with Gasteiger partial charge in [-0.05, 0) is 64.2 Å². The van der Waals surface area contributed by atoms with Crippen molar-refractivity contribution in [1.82, 2.24) is 5.32 Å². The molecule has 7 N–H and O–H groups in total. The van der Waals surface area contributed by atoms with Gasteiger partial charge in [0.1, 0.15) is 30.5 Å². The molecule has 1 amide bonds. The maximum atomic E-state index is 13.0. The molecule has 0 aromatic heterocycles. The highest BCUT2D eigenvalue weighted by Crippen LogP contribution is 2.26. The number of hydrogen-bond donors (Lipinski definition) is 7. The molecule has 1 rings (SSSR count). The molecule has 0 aromatic carbocycles. The quantitative estimate of drug-likeness (QED) is 0.0217. The fraction of sp³-hybridized carbons (Fsp3) is 0.786. The molecule has 1 heterocycles. The van der Waals surface area contributed by atoms with Gasteiger partial charge in [0.2, 0.25) is 5.91 Å². The number of aliphatic hydroxyl groups is 5. The average molecular weight is 818 g/mol. The SMILES string of the molecule is CCC/C=C/CC/C=C/CC/C=C/C(O)C(COC1OC(CO)C(O)C(OS(=O)(=O)O)C1O)NC(=O)C(O)CCCCCCCC/C=C\CCCCCCCC. The average Bonchev–Trinajstić information content (AvgIpc) is 3.16. The van der Waals surface area contributed by atoms with Crippen LogP contribution in [0.25, 0.3) is 0 Å². The van der Waals surface area contributed by atoms with E-state index in [9.17, 15) is 38.7 Å². The second kappa shape index (κ2) is 32.9. The highest BCUT2D eigenvalue weighted by Gasteiger charge is 2.48. The zero-order valence-electron chi connectivity index (χ0n) is 34.0. The van der Waals surface area contributed by atoms with E-state index in [1.165, 1.54) is 44.6 Å². The summed E-state index contributed by atoms with van der Waals surface area (Å²) in [5.41, 5.74) is 0. The third-order valence-electron chi connectivity index (χ3n) is 9.65.